The van der Waals surface area contributed by atoms with Gasteiger partial charge in [-0.1, -0.05) is 11.6 Å². The first-order chi connectivity index (χ1) is 6.83. The van der Waals surface area contributed by atoms with Crippen molar-refractivity contribution in [3.05, 3.63) is 16.7 Å². The molecule has 1 aromatic rings. The number of alkyl halides is 3. The Morgan fingerprint density at radius 2 is 2.13 bits per heavy atom. The van der Waals surface area contributed by atoms with E-state index in [1.165, 1.54) is 6.07 Å². The normalized spacial score (nSPS) is 10.9. The molecule has 0 amide bonds. The van der Waals surface area contributed by atoms with Gasteiger partial charge in [-0.05, 0) is 0 Å². The third-order valence-corrected chi connectivity index (χ3v) is 1.58. The minimum absolute atomic E-state index is 0.246. The highest BCUT2D eigenvalue weighted by Gasteiger charge is 2.33. The highest BCUT2D eigenvalue weighted by Crippen LogP contribution is 2.29. The van der Waals surface area contributed by atoms with Crippen molar-refractivity contribution in [2.24, 2.45) is 0 Å². The molecule has 0 saturated heterocycles. The molecular weight excluding hydrogens is 235 g/mol. The maximum absolute atomic E-state index is 11.9. The van der Waals surface area contributed by atoms with E-state index < -0.39 is 17.8 Å². The molecule has 4 nitrogen and oxygen atoms in total. The number of nitrogens with two attached hydrogens (primary N) is 1. The van der Waals surface area contributed by atoms with Crippen LogP contribution in [0.2, 0.25) is 5.02 Å². The Morgan fingerprint density at radius 3 is 2.60 bits per heavy atom. The van der Waals surface area contributed by atoms with Gasteiger partial charge in [-0.25, -0.2) is 0 Å². The van der Waals surface area contributed by atoms with Gasteiger partial charge in [-0.15, -0.1) is 13.2 Å². The lowest BCUT2D eigenvalue weighted by molar-refractivity contribution is -0.276. The summed E-state index contributed by atoms with van der Waals surface area (Å²) in [7, 11) is 0. The van der Waals surface area contributed by atoms with E-state index in [4.69, 9.17) is 22.6 Å². The lowest BCUT2D eigenvalue weighted by Crippen LogP contribution is -2.19. The molecule has 0 fully saturated rings. The maximum Gasteiger partial charge on any atom is 0.574 e. The van der Waals surface area contributed by atoms with Crippen LogP contribution in [-0.2, 0) is 0 Å². The van der Waals surface area contributed by atoms with Crippen LogP contribution < -0.4 is 10.5 Å². The second kappa shape index (κ2) is 3.82. The summed E-state index contributed by atoms with van der Waals surface area (Å²) in [6.45, 7) is 0. The van der Waals surface area contributed by atoms with Gasteiger partial charge >= 0.3 is 6.36 Å². The van der Waals surface area contributed by atoms with Crippen LogP contribution in [0.4, 0.5) is 19.0 Å². The Hall–Kier alpha value is -1.68. The third-order valence-electron chi connectivity index (χ3n) is 1.28. The summed E-state index contributed by atoms with van der Waals surface area (Å²) in [6, 6.07) is 2.50. The number of nitriles is 1. The van der Waals surface area contributed by atoms with Crippen molar-refractivity contribution in [3.63, 3.8) is 0 Å². The summed E-state index contributed by atoms with van der Waals surface area (Å²) >= 11 is 5.47. The number of halogens is 4. The molecule has 1 heterocycles. The first-order valence-corrected chi connectivity index (χ1v) is 3.83. The Kier molecular flexibility index (Phi) is 2.90. The van der Waals surface area contributed by atoms with Crippen LogP contribution in [0.25, 0.3) is 0 Å². The molecule has 80 valence electrons. The Labute approximate surface area is 87.0 Å². The number of rotatable bonds is 1. The van der Waals surface area contributed by atoms with E-state index in [1.807, 2.05) is 0 Å². The van der Waals surface area contributed by atoms with Gasteiger partial charge in [0.25, 0.3) is 0 Å². The van der Waals surface area contributed by atoms with E-state index in [-0.39, 0.29) is 10.8 Å². The molecule has 0 spiro atoms. The Morgan fingerprint density at radius 1 is 1.53 bits per heavy atom. The fourth-order valence-electron chi connectivity index (χ4n) is 0.794. The quantitative estimate of drug-likeness (QED) is 0.812. The van der Waals surface area contributed by atoms with Gasteiger partial charge in [0.15, 0.2) is 0 Å². The van der Waals surface area contributed by atoms with Crippen molar-refractivity contribution < 1.29 is 17.9 Å². The van der Waals surface area contributed by atoms with Gasteiger partial charge in [-0.2, -0.15) is 10.2 Å². The molecule has 0 saturated carbocycles. The van der Waals surface area contributed by atoms with E-state index in [1.54, 1.807) is 0 Å². The number of hydrogen-bond acceptors (Lipinski definition) is 4. The zero-order chi connectivity index (χ0) is 11.6. The van der Waals surface area contributed by atoms with Crippen LogP contribution in [0.15, 0.2) is 6.07 Å². The zero-order valence-corrected chi connectivity index (χ0v) is 7.73. The summed E-state index contributed by atoms with van der Waals surface area (Å²) in [4.78, 5) is 3.22. The van der Waals surface area contributed by atoms with Gasteiger partial charge < -0.3 is 10.5 Å². The Balaban J connectivity index is 3.23. The van der Waals surface area contributed by atoms with Gasteiger partial charge in [0.2, 0.25) is 5.88 Å². The minimum atomic E-state index is -4.95. The minimum Gasteiger partial charge on any atom is -0.386 e. The largest absolute Gasteiger partial charge is 0.574 e. The number of aromatic nitrogens is 1. The summed E-state index contributed by atoms with van der Waals surface area (Å²) in [5.74, 6) is -1.21. The fraction of sp³-hybridized carbons (Fsp3) is 0.143. The molecule has 0 bridgehead atoms. The third kappa shape index (κ3) is 2.89. The lowest BCUT2D eigenvalue weighted by Gasteiger charge is -2.10. The van der Waals surface area contributed by atoms with Gasteiger partial charge in [0.05, 0.1) is 5.02 Å². The van der Waals surface area contributed by atoms with Crippen molar-refractivity contribution in [2.45, 2.75) is 6.36 Å². The number of pyridine rings is 1. The molecule has 0 radical (unpaired) electrons. The molecular formula is C7H3ClF3N3O. The van der Waals surface area contributed by atoms with Crippen LogP contribution in [0.1, 0.15) is 5.56 Å². The van der Waals surface area contributed by atoms with E-state index in [0.717, 1.165) is 6.07 Å². The van der Waals surface area contributed by atoms with E-state index in [0.29, 0.717) is 0 Å². The molecule has 0 unspecified atom stereocenters. The number of hydrogen-bond donors (Lipinski definition) is 1. The van der Waals surface area contributed by atoms with Gasteiger partial charge in [-0.3, -0.25) is 0 Å². The maximum atomic E-state index is 11.9. The number of nitrogens with zero attached hydrogens (tertiary/aromatic N) is 2. The molecule has 0 atom stereocenters. The summed E-state index contributed by atoms with van der Waals surface area (Å²) in [6.07, 6.45) is -4.95. The first-order valence-electron chi connectivity index (χ1n) is 3.45. The summed E-state index contributed by atoms with van der Waals surface area (Å²) in [5, 5.41) is 8.28. The SMILES string of the molecule is N#Cc1c(Cl)cc(N)nc1OC(F)(F)F. The van der Waals surface area contributed by atoms with E-state index >= 15 is 0 Å². The van der Waals surface area contributed by atoms with Gasteiger partial charge in [0, 0.05) is 6.07 Å². The highest BCUT2D eigenvalue weighted by molar-refractivity contribution is 6.32. The standard InChI is InChI=1S/C7H3ClF3N3O/c8-4-1-5(13)14-6(3(4)2-12)15-7(9,10)11/h1H,(H2,13,14). The average Bonchev–Trinajstić information content (AvgIpc) is 1.99. The second-order valence-corrected chi connectivity index (χ2v) is 2.78. The average molecular weight is 238 g/mol. The second-order valence-electron chi connectivity index (χ2n) is 2.37. The highest BCUT2D eigenvalue weighted by atomic mass is 35.5. The molecule has 0 aliphatic carbocycles. The van der Waals surface area contributed by atoms with Crippen LogP contribution >= 0.6 is 11.6 Å². The van der Waals surface area contributed by atoms with Crippen molar-refractivity contribution >= 4 is 17.4 Å². The molecule has 1 aromatic heterocycles. The molecule has 1 rings (SSSR count). The Bertz CT molecular complexity index is 427. The summed E-state index contributed by atoms with van der Waals surface area (Å²) in [5.41, 5.74) is 4.64. The lowest BCUT2D eigenvalue weighted by atomic mass is 10.3. The van der Waals surface area contributed by atoms with Crippen molar-refractivity contribution in [2.75, 3.05) is 5.73 Å². The predicted octanol–water partition coefficient (Wildman–Crippen LogP) is 2.09. The van der Waals surface area contributed by atoms with Crippen LogP contribution in [0.3, 0.4) is 0 Å². The van der Waals surface area contributed by atoms with Crippen LogP contribution in [0, 0.1) is 11.3 Å². The fourth-order valence-corrected chi connectivity index (χ4v) is 1.03. The number of nitrogen functional groups attached to an aromatic ring is 1. The molecule has 0 aromatic carbocycles. The van der Waals surface area contributed by atoms with Crippen LogP contribution in [-0.4, -0.2) is 11.3 Å². The smallest absolute Gasteiger partial charge is 0.386 e. The molecule has 15 heavy (non-hydrogen) atoms. The summed E-state index contributed by atoms with van der Waals surface area (Å²) < 4.78 is 39.1. The first kappa shape index (κ1) is 11.4. The molecule has 2 N–H and O–H groups in total. The molecule has 0 aliphatic rings. The monoisotopic (exact) mass is 237 g/mol. The van der Waals surface area contributed by atoms with Crippen molar-refractivity contribution in [1.82, 2.24) is 4.98 Å². The van der Waals surface area contributed by atoms with Crippen molar-refractivity contribution in [1.29, 1.82) is 5.26 Å². The predicted molar refractivity (Wildman–Crippen MR) is 45.1 cm³/mol. The number of anilines is 1. The van der Waals surface area contributed by atoms with Gasteiger partial charge in [0.1, 0.15) is 17.5 Å². The topological polar surface area (TPSA) is 71.9 Å². The molecule has 0 aliphatic heterocycles. The number of ether oxygens (including phenoxy) is 1. The van der Waals surface area contributed by atoms with E-state index in [2.05, 4.69) is 9.72 Å². The zero-order valence-electron chi connectivity index (χ0n) is 6.97. The molecule has 8 heteroatoms. The van der Waals surface area contributed by atoms with Crippen molar-refractivity contribution in [3.8, 4) is 11.9 Å². The van der Waals surface area contributed by atoms with E-state index in [9.17, 15) is 13.2 Å². The van der Waals surface area contributed by atoms with Crippen LogP contribution in [0.5, 0.6) is 5.88 Å².